The fraction of sp³-hybridized carbons (Fsp3) is 0.600. The molecule has 0 saturated carbocycles. The lowest BCUT2D eigenvalue weighted by atomic mass is 10.1. The van der Waals surface area contributed by atoms with Crippen molar-refractivity contribution in [3.8, 4) is 5.75 Å². The van der Waals surface area contributed by atoms with Gasteiger partial charge in [-0.3, -0.25) is 0 Å². The van der Waals surface area contributed by atoms with Crippen LogP contribution in [0.1, 0.15) is 23.9 Å². The summed E-state index contributed by atoms with van der Waals surface area (Å²) in [6.07, 6.45) is 2.41. The lowest BCUT2D eigenvalue weighted by Gasteiger charge is -2.31. The van der Waals surface area contributed by atoms with Gasteiger partial charge in [-0.15, -0.1) is 0 Å². The Kier molecular flexibility index (Phi) is 6.52. The molecule has 0 radical (unpaired) electrons. The highest BCUT2D eigenvalue weighted by atomic mass is 35.5. The molecule has 1 unspecified atom stereocenters. The van der Waals surface area contributed by atoms with Gasteiger partial charge in [0, 0.05) is 0 Å². The first-order chi connectivity index (χ1) is 9.05. The van der Waals surface area contributed by atoms with Crippen molar-refractivity contribution in [2.24, 2.45) is 0 Å². The molecule has 1 aliphatic rings. The molecule has 0 amide bonds. The summed E-state index contributed by atoms with van der Waals surface area (Å²) in [6, 6.07) is 10.4. The molecule has 2 rings (SSSR count). The first kappa shape index (κ1) is 17.5. The molecule has 2 N–H and O–H groups in total. The number of hydrogen-bond donors (Lipinski definition) is 2. The average Bonchev–Trinajstić information content (AvgIpc) is 2.84. The van der Waals surface area contributed by atoms with Crippen molar-refractivity contribution < 1.29 is 26.8 Å². The van der Waals surface area contributed by atoms with Crippen molar-refractivity contribution in [2.75, 3.05) is 27.7 Å². The van der Waals surface area contributed by atoms with Crippen molar-refractivity contribution in [1.29, 1.82) is 0 Å². The molecule has 1 aliphatic heterocycles. The highest BCUT2D eigenvalue weighted by Crippen LogP contribution is 2.38. The predicted octanol–water partition coefficient (Wildman–Crippen LogP) is -1.80. The summed E-state index contributed by atoms with van der Waals surface area (Å²) in [5, 5.41) is 0. The van der Waals surface area contributed by atoms with Crippen LogP contribution in [0, 0.1) is 0 Å². The molecule has 114 valence electrons. The van der Waals surface area contributed by atoms with E-state index in [1.807, 2.05) is 12.1 Å². The lowest BCUT2D eigenvalue weighted by molar-refractivity contribution is -0.858. The van der Waals surface area contributed by atoms with Gasteiger partial charge in [-0.2, -0.15) is 0 Å². The highest BCUT2D eigenvalue weighted by Gasteiger charge is 2.44. The van der Waals surface area contributed by atoms with E-state index < -0.39 is 8.32 Å². The minimum Gasteiger partial charge on any atom is -1.00 e. The van der Waals surface area contributed by atoms with Crippen LogP contribution >= 0.6 is 0 Å². The second kappa shape index (κ2) is 7.45. The minimum atomic E-state index is -2.11. The Balaban J connectivity index is 0.00000200. The van der Waals surface area contributed by atoms with E-state index >= 15 is 0 Å². The zero-order chi connectivity index (χ0) is 13.9. The second-order valence-electron chi connectivity index (χ2n) is 6.05. The average molecular weight is 316 g/mol. The van der Waals surface area contributed by atoms with Gasteiger partial charge in [0.2, 0.25) is 8.32 Å². The SMILES string of the molecule is COc1ccc(C(C[NH+](C)C)[Si]2(O)CCCC2)cc1.[Cl-]. The summed E-state index contributed by atoms with van der Waals surface area (Å²) in [4.78, 5) is 12.5. The van der Waals surface area contributed by atoms with Crippen LogP contribution in [-0.4, -0.2) is 40.9 Å². The number of ether oxygens (including phenoxy) is 1. The Morgan fingerprint density at radius 2 is 1.75 bits per heavy atom. The van der Waals surface area contributed by atoms with Gasteiger partial charge in [-0.25, -0.2) is 0 Å². The topological polar surface area (TPSA) is 33.9 Å². The lowest BCUT2D eigenvalue weighted by Crippen LogP contribution is -3.06. The summed E-state index contributed by atoms with van der Waals surface area (Å²) in [6.45, 7) is 1.02. The Labute approximate surface area is 129 Å². The fourth-order valence-corrected chi connectivity index (χ4v) is 7.47. The molecule has 1 atom stereocenters. The van der Waals surface area contributed by atoms with Gasteiger partial charge in [-0.1, -0.05) is 25.0 Å². The molecule has 0 spiro atoms. The summed E-state index contributed by atoms with van der Waals surface area (Å²) in [5.74, 6) is 0.889. The van der Waals surface area contributed by atoms with Gasteiger partial charge in [0.15, 0.2) is 0 Å². The molecule has 1 saturated heterocycles. The molecule has 0 bridgehead atoms. The normalized spacial score (nSPS) is 18.6. The van der Waals surface area contributed by atoms with E-state index in [-0.39, 0.29) is 12.4 Å². The molecule has 1 fully saturated rings. The largest absolute Gasteiger partial charge is 1.00 e. The van der Waals surface area contributed by atoms with E-state index in [2.05, 4.69) is 26.2 Å². The number of hydrogen-bond acceptors (Lipinski definition) is 2. The van der Waals surface area contributed by atoms with Crippen LogP contribution in [-0.2, 0) is 0 Å². The molecule has 1 aromatic carbocycles. The van der Waals surface area contributed by atoms with Crippen LogP contribution in [0.3, 0.4) is 0 Å². The van der Waals surface area contributed by atoms with Gasteiger partial charge >= 0.3 is 0 Å². The van der Waals surface area contributed by atoms with E-state index in [0.717, 1.165) is 24.4 Å². The zero-order valence-corrected chi connectivity index (χ0v) is 14.4. The second-order valence-corrected chi connectivity index (χ2v) is 9.95. The van der Waals surface area contributed by atoms with E-state index in [1.54, 1.807) is 7.11 Å². The number of rotatable bonds is 5. The van der Waals surface area contributed by atoms with Crippen molar-refractivity contribution in [3.63, 3.8) is 0 Å². The van der Waals surface area contributed by atoms with E-state index in [0.29, 0.717) is 5.54 Å². The van der Waals surface area contributed by atoms with Crippen molar-refractivity contribution >= 4 is 8.32 Å². The summed E-state index contributed by atoms with van der Waals surface area (Å²) in [7, 11) is 3.92. The van der Waals surface area contributed by atoms with Crippen LogP contribution < -0.4 is 22.0 Å². The minimum absolute atomic E-state index is 0. The smallest absolute Gasteiger partial charge is 0.201 e. The third kappa shape index (κ3) is 3.98. The number of methoxy groups -OCH3 is 1. The number of benzene rings is 1. The number of nitrogens with one attached hydrogen (secondary N) is 1. The summed E-state index contributed by atoms with van der Waals surface area (Å²) >= 11 is 0. The van der Waals surface area contributed by atoms with Crippen molar-refractivity contribution in [1.82, 2.24) is 0 Å². The van der Waals surface area contributed by atoms with Gasteiger partial charge in [0.1, 0.15) is 5.75 Å². The van der Waals surface area contributed by atoms with Crippen LogP contribution in [0.5, 0.6) is 5.75 Å². The Morgan fingerprint density at radius 3 is 2.20 bits per heavy atom. The van der Waals surface area contributed by atoms with Crippen LogP contribution in [0.4, 0.5) is 0 Å². The highest BCUT2D eigenvalue weighted by molar-refractivity contribution is 6.74. The molecule has 0 aromatic heterocycles. The maximum absolute atomic E-state index is 11.1. The number of likely N-dealkylation sites (N-methyl/N-ethyl adjacent to an activating group) is 1. The van der Waals surface area contributed by atoms with Gasteiger partial charge in [0.05, 0.1) is 33.3 Å². The molecule has 0 aliphatic carbocycles. The predicted molar refractivity (Wildman–Crippen MR) is 80.2 cm³/mol. The Morgan fingerprint density at radius 1 is 1.20 bits per heavy atom. The number of quaternary nitrogens is 1. The molecular formula is C15H26ClNO2Si. The maximum Gasteiger partial charge on any atom is 0.201 e. The molecule has 1 aromatic rings. The Hall–Kier alpha value is -0.553. The monoisotopic (exact) mass is 315 g/mol. The van der Waals surface area contributed by atoms with Gasteiger partial charge in [-0.05, 0) is 29.8 Å². The fourth-order valence-electron chi connectivity index (χ4n) is 3.20. The van der Waals surface area contributed by atoms with Gasteiger partial charge in [0.25, 0.3) is 0 Å². The number of halogens is 1. The zero-order valence-electron chi connectivity index (χ0n) is 12.7. The summed E-state index contributed by atoms with van der Waals surface area (Å²) < 4.78 is 5.22. The molecule has 3 nitrogen and oxygen atoms in total. The summed E-state index contributed by atoms with van der Waals surface area (Å²) in [5.41, 5.74) is 1.64. The standard InChI is InChI=1S/C15H25NO2Si.ClH/c1-16(2)12-15(19(17)10-4-5-11-19)13-6-8-14(18-3)9-7-13;/h6-9,15,17H,4-5,10-12H2,1-3H3;1H. The molecule has 20 heavy (non-hydrogen) atoms. The third-order valence-electron chi connectivity index (χ3n) is 4.25. The van der Waals surface area contributed by atoms with Crippen molar-refractivity contribution in [2.45, 2.75) is 30.5 Å². The molecule has 1 heterocycles. The van der Waals surface area contributed by atoms with Crippen LogP contribution in [0.15, 0.2) is 24.3 Å². The first-order valence-electron chi connectivity index (χ1n) is 7.20. The quantitative estimate of drug-likeness (QED) is 0.629. The van der Waals surface area contributed by atoms with E-state index in [9.17, 15) is 4.80 Å². The Bertz CT molecular complexity index is 405. The maximum atomic E-state index is 11.1. The third-order valence-corrected chi connectivity index (χ3v) is 8.52. The molecular weight excluding hydrogens is 290 g/mol. The molecule has 5 heteroatoms. The van der Waals surface area contributed by atoms with Crippen molar-refractivity contribution in [3.05, 3.63) is 29.8 Å². The first-order valence-corrected chi connectivity index (χ1v) is 9.64. The van der Waals surface area contributed by atoms with E-state index in [4.69, 9.17) is 4.74 Å². The van der Waals surface area contributed by atoms with Crippen LogP contribution in [0.25, 0.3) is 0 Å². The van der Waals surface area contributed by atoms with Gasteiger partial charge < -0.3 is 26.8 Å². The van der Waals surface area contributed by atoms with E-state index in [1.165, 1.54) is 23.3 Å². The van der Waals surface area contributed by atoms with Crippen LogP contribution in [0.2, 0.25) is 12.1 Å².